The molecule has 2 heterocycles. The van der Waals surface area contributed by atoms with Crippen LogP contribution in [-0.2, 0) is 16.4 Å². The summed E-state index contributed by atoms with van der Waals surface area (Å²) in [5.41, 5.74) is 8.34. The Labute approximate surface area is 106 Å². The molecule has 0 bridgehead atoms. The summed E-state index contributed by atoms with van der Waals surface area (Å²) in [5, 5.41) is 0. The summed E-state index contributed by atoms with van der Waals surface area (Å²) in [4.78, 5) is 8.27. The summed E-state index contributed by atoms with van der Waals surface area (Å²) in [6, 6.07) is 0. The zero-order valence-electron chi connectivity index (χ0n) is 10.4. The average molecular weight is 268 g/mol. The number of nitrogens with zero attached hydrogens (tertiary/aromatic N) is 3. The fourth-order valence-electron chi connectivity index (χ4n) is 1.94. The van der Waals surface area contributed by atoms with Crippen molar-refractivity contribution < 1.29 is 8.42 Å². The van der Waals surface area contributed by atoms with Crippen molar-refractivity contribution >= 4 is 26.7 Å². The molecule has 2 N–H and O–H groups in total. The van der Waals surface area contributed by atoms with Gasteiger partial charge in [-0.25, -0.2) is 18.4 Å². The predicted molar refractivity (Wildman–Crippen MR) is 71.0 cm³/mol. The lowest BCUT2D eigenvalue weighted by molar-refractivity contribution is 0.593. The maximum atomic E-state index is 11.1. The summed E-state index contributed by atoms with van der Waals surface area (Å²) in [7, 11) is -2.92. The maximum absolute atomic E-state index is 11.1. The molecule has 2 aromatic rings. The van der Waals surface area contributed by atoms with Crippen molar-refractivity contribution in [1.29, 1.82) is 0 Å². The van der Waals surface area contributed by atoms with E-state index >= 15 is 0 Å². The van der Waals surface area contributed by atoms with Crippen LogP contribution < -0.4 is 5.73 Å². The number of anilines is 1. The second kappa shape index (κ2) is 4.56. The Hall–Kier alpha value is -1.63. The Morgan fingerprint density at radius 2 is 2.11 bits per heavy atom. The van der Waals surface area contributed by atoms with E-state index in [1.54, 1.807) is 12.5 Å². The first-order valence-corrected chi connectivity index (χ1v) is 7.68. The van der Waals surface area contributed by atoms with E-state index in [1.165, 1.54) is 6.26 Å². The smallest absolute Gasteiger partial charge is 0.151 e. The Morgan fingerprint density at radius 3 is 2.78 bits per heavy atom. The topological polar surface area (TPSA) is 90.9 Å². The van der Waals surface area contributed by atoms with Gasteiger partial charge in [0.15, 0.2) is 5.82 Å². The van der Waals surface area contributed by atoms with Crippen molar-refractivity contribution in [3.63, 3.8) is 0 Å². The maximum Gasteiger partial charge on any atom is 0.151 e. The lowest BCUT2D eigenvalue weighted by Crippen LogP contribution is -2.07. The highest BCUT2D eigenvalue weighted by Crippen LogP contribution is 2.21. The quantitative estimate of drug-likeness (QED) is 0.883. The van der Waals surface area contributed by atoms with Gasteiger partial charge in [0.05, 0.1) is 17.6 Å². The normalized spacial score (nSPS) is 12.1. The standard InChI is InChI=1S/C11H16N4O2S/c1-8-6-13-11(12)9-10(8)15(7-14-9)4-3-5-18(2,16)17/h6-7H,3-5H2,1-2H3,(H2,12,13). The number of fused-ring (bicyclic) bond motifs is 1. The first-order valence-electron chi connectivity index (χ1n) is 5.62. The van der Waals surface area contributed by atoms with E-state index in [1.807, 2.05) is 11.5 Å². The van der Waals surface area contributed by atoms with Gasteiger partial charge >= 0.3 is 0 Å². The van der Waals surface area contributed by atoms with Crippen molar-refractivity contribution in [3.8, 4) is 0 Å². The summed E-state index contributed by atoms with van der Waals surface area (Å²) >= 11 is 0. The minimum absolute atomic E-state index is 0.173. The van der Waals surface area contributed by atoms with Crippen LogP contribution in [0, 0.1) is 6.92 Å². The highest BCUT2D eigenvalue weighted by atomic mass is 32.2. The lowest BCUT2D eigenvalue weighted by Gasteiger charge is -2.06. The van der Waals surface area contributed by atoms with Crippen LogP contribution in [-0.4, -0.2) is 35.0 Å². The predicted octanol–water partition coefficient (Wildman–Crippen LogP) is 0.757. The Morgan fingerprint density at radius 1 is 1.39 bits per heavy atom. The first kappa shape index (κ1) is 12.8. The highest BCUT2D eigenvalue weighted by molar-refractivity contribution is 7.90. The molecule has 0 atom stereocenters. The van der Waals surface area contributed by atoms with Gasteiger partial charge in [-0.3, -0.25) is 0 Å². The molecule has 18 heavy (non-hydrogen) atoms. The number of nitrogen functional groups attached to an aromatic ring is 1. The molecule has 0 fully saturated rings. The average Bonchev–Trinajstić information content (AvgIpc) is 2.67. The third kappa shape index (κ3) is 2.61. The number of sulfone groups is 1. The van der Waals surface area contributed by atoms with Crippen LogP contribution in [0.2, 0.25) is 0 Å². The summed E-state index contributed by atoms with van der Waals surface area (Å²) in [6.45, 7) is 2.54. The summed E-state index contributed by atoms with van der Waals surface area (Å²) in [5.74, 6) is 0.573. The second-order valence-electron chi connectivity index (χ2n) is 4.45. The molecule has 0 spiro atoms. The van der Waals surface area contributed by atoms with E-state index < -0.39 is 9.84 Å². The van der Waals surface area contributed by atoms with E-state index in [0.29, 0.717) is 24.3 Å². The van der Waals surface area contributed by atoms with E-state index in [4.69, 9.17) is 5.73 Å². The van der Waals surface area contributed by atoms with Crippen molar-refractivity contribution in [2.24, 2.45) is 0 Å². The van der Waals surface area contributed by atoms with Crippen molar-refractivity contribution in [1.82, 2.24) is 14.5 Å². The van der Waals surface area contributed by atoms with E-state index in [0.717, 1.165) is 11.1 Å². The van der Waals surface area contributed by atoms with Crippen molar-refractivity contribution in [2.45, 2.75) is 19.9 Å². The van der Waals surface area contributed by atoms with Crippen LogP contribution in [0.3, 0.4) is 0 Å². The summed E-state index contributed by atoms with van der Waals surface area (Å²) < 4.78 is 24.1. The molecule has 2 aromatic heterocycles. The van der Waals surface area contributed by atoms with E-state index in [-0.39, 0.29) is 5.75 Å². The minimum atomic E-state index is -2.92. The molecular formula is C11H16N4O2S. The summed E-state index contributed by atoms with van der Waals surface area (Å²) in [6.07, 6.45) is 5.18. The zero-order chi connectivity index (χ0) is 13.3. The van der Waals surface area contributed by atoms with Gasteiger partial charge in [0, 0.05) is 19.0 Å². The van der Waals surface area contributed by atoms with E-state index in [9.17, 15) is 8.42 Å². The van der Waals surface area contributed by atoms with E-state index in [2.05, 4.69) is 9.97 Å². The molecule has 0 radical (unpaired) electrons. The molecule has 98 valence electrons. The van der Waals surface area contributed by atoms with Crippen LogP contribution in [0.15, 0.2) is 12.5 Å². The Balaban J connectivity index is 2.27. The molecular weight excluding hydrogens is 252 g/mol. The first-order chi connectivity index (χ1) is 8.38. The molecule has 0 saturated heterocycles. The molecule has 0 aliphatic carbocycles. The third-order valence-corrected chi connectivity index (χ3v) is 3.80. The number of hydrogen-bond donors (Lipinski definition) is 1. The third-order valence-electron chi connectivity index (χ3n) is 2.77. The van der Waals surface area contributed by atoms with Gasteiger partial charge in [0.2, 0.25) is 0 Å². The molecule has 0 unspecified atom stereocenters. The highest BCUT2D eigenvalue weighted by Gasteiger charge is 2.10. The molecule has 0 aliphatic heterocycles. The minimum Gasteiger partial charge on any atom is -0.382 e. The molecule has 0 aromatic carbocycles. The fourth-order valence-corrected chi connectivity index (χ4v) is 2.59. The molecule has 7 heteroatoms. The number of aryl methyl sites for hydroxylation is 2. The van der Waals surface area contributed by atoms with Gasteiger partial charge in [0.1, 0.15) is 15.4 Å². The number of aromatic nitrogens is 3. The molecule has 6 nitrogen and oxygen atoms in total. The van der Waals surface area contributed by atoms with Gasteiger partial charge in [0.25, 0.3) is 0 Å². The largest absolute Gasteiger partial charge is 0.382 e. The van der Waals surface area contributed by atoms with Crippen LogP contribution >= 0.6 is 0 Å². The van der Waals surface area contributed by atoms with Crippen LogP contribution in [0.4, 0.5) is 5.82 Å². The van der Waals surface area contributed by atoms with Gasteiger partial charge in [-0.05, 0) is 18.9 Å². The van der Waals surface area contributed by atoms with Crippen LogP contribution in [0.25, 0.3) is 11.0 Å². The fraction of sp³-hybridized carbons (Fsp3) is 0.455. The molecule has 0 amide bonds. The second-order valence-corrected chi connectivity index (χ2v) is 6.70. The van der Waals surface area contributed by atoms with Crippen molar-refractivity contribution in [2.75, 3.05) is 17.7 Å². The number of imidazole rings is 1. The Bertz CT molecular complexity index is 676. The lowest BCUT2D eigenvalue weighted by atomic mass is 10.2. The number of rotatable bonds is 4. The number of pyridine rings is 1. The SMILES string of the molecule is Cc1cnc(N)c2ncn(CCCS(C)(=O)=O)c12. The number of nitrogens with two attached hydrogens (primary N) is 1. The molecule has 0 aliphatic rings. The van der Waals surface area contributed by atoms with Gasteiger partial charge < -0.3 is 10.3 Å². The van der Waals surface area contributed by atoms with Gasteiger partial charge in [-0.2, -0.15) is 0 Å². The Kier molecular flexibility index (Phi) is 3.25. The van der Waals surface area contributed by atoms with Crippen molar-refractivity contribution in [3.05, 3.63) is 18.1 Å². The van der Waals surface area contributed by atoms with Crippen LogP contribution in [0.1, 0.15) is 12.0 Å². The van der Waals surface area contributed by atoms with Crippen LogP contribution in [0.5, 0.6) is 0 Å². The van der Waals surface area contributed by atoms with Gasteiger partial charge in [-0.1, -0.05) is 0 Å². The molecule has 0 saturated carbocycles. The number of hydrogen-bond acceptors (Lipinski definition) is 5. The van der Waals surface area contributed by atoms with Gasteiger partial charge in [-0.15, -0.1) is 0 Å². The monoisotopic (exact) mass is 268 g/mol. The zero-order valence-corrected chi connectivity index (χ0v) is 11.2. The molecule has 2 rings (SSSR count).